The summed E-state index contributed by atoms with van der Waals surface area (Å²) in [4.78, 5) is 2.33. The van der Waals surface area contributed by atoms with Crippen molar-refractivity contribution in [3.8, 4) is 5.69 Å². The van der Waals surface area contributed by atoms with Crippen molar-refractivity contribution in [1.82, 2.24) is 4.57 Å². The van der Waals surface area contributed by atoms with Gasteiger partial charge in [0.15, 0.2) is 0 Å². The van der Waals surface area contributed by atoms with Gasteiger partial charge in [0.2, 0.25) is 0 Å². The van der Waals surface area contributed by atoms with Crippen LogP contribution in [0.2, 0.25) is 0 Å². The van der Waals surface area contributed by atoms with Crippen molar-refractivity contribution in [1.29, 1.82) is 0 Å². The first-order valence-electron chi connectivity index (χ1n) is 15.5. The summed E-state index contributed by atoms with van der Waals surface area (Å²) in [5, 5.41) is 4.70. The van der Waals surface area contributed by atoms with Gasteiger partial charge in [-0.15, -0.1) is 0 Å². The molecule has 2 aromatic heterocycles. The lowest BCUT2D eigenvalue weighted by atomic mass is 9.94. The van der Waals surface area contributed by atoms with E-state index in [1.807, 2.05) is 12.1 Å². The predicted octanol–water partition coefficient (Wildman–Crippen LogP) is 11.3. The van der Waals surface area contributed by atoms with Crippen molar-refractivity contribution in [2.24, 2.45) is 0 Å². The van der Waals surface area contributed by atoms with Crippen LogP contribution in [0, 0.1) is 0 Å². The van der Waals surface area contributed by atoms with Crippen LogP contribution in [0.5, 0.6) is 0 Å². The molecule has 3 heteroatoms. The molecule has 9 rings (SSSR count). The Morgan fingerprint density at radius 2 is 1.44 bits per heavy atom. The third-order valence-electron chi connectivity index (χ3n) is 9.11. The zero-order valence-corrected chi connectivity index (χ0v) is 24.8. The number of hydrogen-bond donors (Lipinski definition) is 0. The number of anilines is 1. The van der Waals surface area contributed by atoms with E-state index < -0.39 is 0 Å². The van der Waals surface area contributed by atoms with Crippen LogP contribution in [0.1, 0.15) is 24.0 Å². The van der Waals surface area contributed by atoms with Gasteiger partial charge in [-0.05, 0) is 78.6 Å². The quantitative estimate of drug-likeness (QED) is 0.208. The molecule has 1 aliphatic carbocycles. The number of benzene rings is 5. The smallest absolute Gasteiger partial charge is 0.143 e. The molecule has 0 saturated carbocycles. The Morgan fingerprint density at radius 1 is 0.644 bits per heavy atom. The largest absolute Gasteiger partial charge is 0.455 e. The highest BCUT2D eigenvalue weighted by Crippen LogP contribution is 2.43. The van der Waals surface area contributed by atoms with Crippen molar-refractivity contribution in [2.45, 2.75) is 12.8 Å². The summed E-state index contributed by atoms with van der Waals surface area (Å²) in [6.07, 6.45) is 15.5. The molecule has 5 aromatic carbocycles. The highest BCUT2D eigenvalue weighted by molar-refractivity contribution is 6.13. The third kappa shape index (κ3) is 4.05. The lowest BCUT2D eigenvalue weighted by molar-refractivity contribution is 0.668. The number of nitrogens with zero attached hydrogens (tertiary/aromatic N) is 2. The first-order valence-corrected chi connectivity index (χ1v) is 15.5. The van der Waals surface area contributed by atoms with Gasteiger partial charge in [0, 0.05) is 50.3 Å². The lowest BCUT2D eigenvalue weighted by Crippen LogP contribution is -2.17. The molecule has 2 aliphatic rings. The van der Waals surface area contributed by atoms with Gasteiger partial charge in [-0.25, -0.2) is 0 Å². The topological polar surface area (TPSA) is 21.3 Å². The molecular formula is C42H30N2O. The number of furan rings is 1. The van der Waals surface area contributed by atoms with E-state index in [0.29, 0.717) is 0 Å². The molecule has 45 heavy (non-hydrogen) atoms. The van der Waals surface area contributed by atoms with E-state index in [2.05, 4.69) is 150 Å². The zero-order valence-electron chi connectivity index (χ0n) is 24.8. The van der Waals surface area contributed by atoms with Crippen molar-refractivity contribution < 1.29 is 4.42 Å². The normalized spacial score (nSPS) is 16.9. The molecular weight excluding hydrogens is 548 g/mol. The highest BCUT2D eigenvalue weighted by Gasteiger charge is 2.22. The zero-order chi connectivity index (χ0) is 29.9. The Morgan fingerprint density at radius 3 is 2.31 bits per heavy atom. The Bertz CT molecular complexity index is 2450. The van der Waals surface area contributed by atoms with Crippen LogP contribution in [0.3, 0.4) is 0 Å². The van der Waals surface area contributed by atoms with E-state index in [-0.39, 0.29) is 0 Å². The molecule has 0 fully saturated rings. The number of allylic oxidation sites excluding steroid dienone is 7. The van der Waals surface area contributed by atoms with Crippen LogP contribution >= 0.6 is 0 Å². The van der Waals surface area contributed by atoms with Crippen molar-refractivity contribution in [3.05, 3.63) is 169 Å². The lowest BCUT2D eigenvalue weighted by Gasteiger charge is -2.28. The number of rotatable bonds is 3. The van der Waals surface area contributed by atoms with E-state index in [1.165, 1.54) is 22.0 Å². The molecule has 0 unspecified atom stereocenters. The van der Waals surface area contributed by atoms with E-state index in [1.54, 1.807) is 0 Å². The minimum atomic E-state index is 0.895. The fourth-order valence-corrected chi connectivity index (χ4v) is 7.01. The summed E-state index contributed by atoms with van der Waals surface area (Å²) in [7, 11) is 0. The maximum Gasteiger partial charge on any atom is 0.143 e. The second-order valence-corrected chi connectivity index (χ2v) is 11.8. The molecule has 214 valence electrons. The minimum absolute atomic E-state index is 0.895. The summed E-state index contributed by atoms with van der Waals surface area (Å²) < 4.78 is 8.84. The number of hydrogen-bond acceptors (Lipinski definition) is 2. The molecule has 7 aromatic rings. The average Bonchev–Trinajstić information content (AvgIpc) is 3.63. The summed E-state index contributed by atoms with van der Waals surface area (Å²) in [6, 6.07) is 38.7. The molecule has 0 spiro atoms. The summed E-state index contributed by atoms with van der Waals surface area (Å²) >= 11 is 0. The van der Waals surface area contributed by atoms with Gasteiger partial charge >= 0.3 is 0 Å². The first-order chi connectivity index (χ1) is 22.2. The van der Waals surface area contributed by atoms with Crippen LogP contribution in [-0.4, -0.2) is 4.57 Å². The Hall–Kier alpha value is -5.80. The van der Waals surface area contributed by atoms with Crippen molar-refractivity contribution in [2.75, 3.05) is 4.90 Å². The van der Waals surface area contributed by atoms with Crippen molar-refractivity contribution >= 4 is 60.6 Å². The fraction of sp³-hybridized carbons (Fsp3) is 0.0476. The third-order valence-corrected chi connectivity index (χ3v) is 9.11. The van der Waals surface area contributed by atoms with Gasteiger partial charge in [-0.1, -0.05) is 91.5 Å². The van der Waals surface area contributed by atoms with Crippen molar-refractivity contribution in [3.63, 3.8) is 0 Å². The van der Waals surface area contributed by atoms with E-state index in [4.69, 9.17) is 4.42 Å². The second kappa shape index (κ2) is 10.1. The average molecular weight is 579 g/mol. The Balaban J connectivity index is 1.32. The number of fused-ring (bicyclic) bond motifs is 7. The van der Waals surface area contributed by atoms with Gasteiger partial charge in [-0.3, -0.25) is 0 Å². The van der Waals surface area contributed by atoms with E-state index >= 15 is 0 Å². The van der Waals surface area contributed by atoms with Crippen LogP contribution in [0.4, 0.5) is 5.69 Å². The van der Waals surface area contributed by atoms with Crippen LogP contribution in [-0.2, 0) is 0 Å². The summed E-state index contributed by atoms with van der Waals surface area (Å²) in [5.74, 6) is 0. The molecule has 1 aliphatic heterocycles. The van der Waals surface area contributed by atoms with Gasteiger partial charge in [0.1, 0.15) is 11.2 Å². The fourth-order valence-electron chi connectivity index (χ4n) is 7.01. The maximum atomic E-state index is 6.47. The molecule has 0 atom stereocenters. The standard InChI is InChI=1S/C42H30N2O/c1-28-25-29(32-19-12-20-35-34-18-9-11-22-41(34)45-42(32)35)23-24-43(30-13-4-2-5-14-30)39-27-37-33-17-8-10-21-38(33)44(40(37)26-36(28)39)31-15-6-3-7-16-31/h3-4,6-27H,1-2,5H2/b24-23-,29-25+. The predicted molar refractivity (Wildman–Crippen MR) is 190 cm³/mol. The second-order valence-electron chi connectivity index (χ2n) is 11.8. The molecule has 0 saturated heterocycles. The van der Waals surface area contributed by atoms with Gasteiger partial charge in [0.25, 0.3) is 0 Å². The number of para-hydroxylation sites is 4. The van der Waals surface area contributed by atoms with Gasteiger partial charge in [-0.2, -0.15) is 0 Å². The Labute approximate surface area is 261 Å². The van der Waals surface area contributed by atoms with E-state index in [0.717, 1.165) is 73.9 Å². The van der Waals surface area contributed by atoms with Crippen LogP contribution in [0.15, 0.2) is 162 Å². The summed E-state index contributed by atoms with van der Waals surface area (Å²) in [5.41, 5.74) is 11.7. The maximum absolute atomic E-state index is 6.47. The van der Waals surface area contributed by atoms with E-state index in [9.17, 15) is 0 Å². The highest BCUT2D eigenvalue weighted by atomic mass is 16.3. The number of aromatic nitrogens is 1. The molecule has 0 radical (unpaired) electrons. The van der Waals surface area contributed by atoms with Gasteiger partial charge < -0.3 is 13.9 Å². The van der Waals surface area contributed by atoms with Gasteiger partial charge in [0.05, 0.1) is 16.7 Å². The molecule has 0 amide bonds. The molecule has 0 bridgehead atoms. The minimum Gasteiger partial charge on any atom is -0.455 e. The Kier molecular flexibility index (Phi) is 5.79. The monoisotopic (exact) mass is 578 g/mol. The summed E-state index contributed by atoms with van der Waals surface area (Å²) in [6.45, 7) is 4.68. The molecule has 0 N–H and O–H groups in total. The van der Waals surface area contributed by atoms with Crippen LogP contribution < -0.4 is 4.90 Å². The molecule has 3 nitrogen and oxygen atoms in total. The molecule has 3 heterocycles. The SMILES string of the molecule is C=C1/C=C(c2cccc3c2oc2ccccc23)\C=C/N(C2=CCCC=C2)c2cc3c4ccccc4n(-c4ccccc4)c3cc21. The first kappa shape index (κ1) is 25.7. The van der Waals surface area contributed by atoms with Crippen LogP contribution in [0.25, 0.3) is 60.6 Å².